The first-order valence-corrected chi connectivity index (χ1v) is 6.12. The average Bonchev–Trinajstić information content (AvgIpc) is 2.39. The van der Waals surface area contributed by atoms with E-state index in [1.165, 1.54) is 18.7 Å². The lowest BCUT2D eigenvalue weighted by molar-refractivity contribution is 0.0653. The van der Waals surface area contributed by atoms with Gasteiger partial charge in [-0.25, -0.2) is 9.97 Å². The molecule has 1 aliphatic rings. The predicted molar refractivity (Wildman–Crippen MR) is 71.2 cm³/mol. The minimum Gasteiger partial charge on any atom is -0.392 e. The first kappa shape index (κ1) is 12.8. The van der Waals surface area contributed by atoms with Gasteiger partial charge in [-0.15, -0.1) is 0 Å². The monoisotopic (exact) mass is 265 g/mol. The van der Waals surface area contributed by atoms with E-state index in [2.05, 4.69) is 14.9 Å². The Morgan fingerprint density at radius 2 is 1.89 bits per heavy atom. The molecule has 0 bridgehead atoms. The summed E-state index contributed by atoms with van der Waals surface area (Å²) in [5.41, 5.74) is 6.03. The number of thiocarbonyl (C=S) groups is 1. The molecule has 1 aromatic rings. The number of rotatable bonds is 3. The number of carbonyl (C=O) groups is 1. The van der Waals surface area contributed by atoms with Gasteiger partial charge in [0.15, 0.2) is 0 Å². The Balaban J connectivity index is 1.90. The van der Waals surface area contributed by atoms with Crippen molar-refractivity contribution in [2.24, 2.45) is 5.73 Å². The molecular formula is C11H15N5OS. The van der Waals surface area contributed by atoms with E-state index in [0.717, 1.165) is 13.1 Å². The summed E-state index contributed by atoms with van der Waals surface area (Å²) in [6, 6.07) is 0. The molecule has 1 fully saturated rings. The van der Waals surface area contributed by atoms with E-state index in [1.807, 2.05) is 0 Å². The van der Waals surface area contributed by atoms with E-state index in [1.54, 1.807) is 4.90 Å². The fourth-order valence-corrected chi connectivity index (χ4v) is 2.10. The first-order valence-electron chi connectivity index (χ1n) is 5.72. The molecule has 7 heteroatoms. The van der Waals surface area contributed by atoms with Crippen molar-refractivity contribution >= 4 is 23.1 Å². The number of hydrogen-bond acceptors (Lipinski definition) is 5. The van der Waals surface area contributed by atoms with Gasteiger partial charge in [0.1, 0.15) is 6.33 Å². The molecule has 0 spiro atoms. The lowest BCUT2D eigenvalue weighted by atomic mass is 10.2. The molecule has 1 aromatic heterocycles. The Labute approximate surface area is 111 Å². The second kappa shape index (κ2) is 5.83. The smallest absolute Gasteiger partial charge is 0.257 e. The van der Waals surface area contributed by atoms with Crippen LogP contribution in [0.15, 0.2) is 18.7 Å². The Morgan fingerprint density at radius 3 is 2.44 bits per heavy atom. The van der Waals surface area contributed by atoms with Gasteiger partial charge in [0.2, 0.25) is 0 Å². The topological polar surface area (TPSA) is 75.3 Å². The number of aromatic nitrogens is 2. The van der Waals surface area contributed by atoms with Crippen molar-refractivity contribution in [3.8, 4) is 0 Å². The van der Waals surface area contributed by atoms with Gasteiger partial charge in [-0.05, 0) is 0 Å². The van der Waals surface area contributed by atoms with E-state index in [0.29, 0.717) is 30.2 Å². The number of carbonyl (C=O) groups excluding carboxylic acids is 1. The van der Waals surface area contributed by atoms with Crippen LogP contribution in [0.2, 0.25) is 0 Å². The Kier molecular flexibility index (Phi) is 4.16. The summed E-state index contributed by atoms with van der Waals surface area (Å²) < 4.78 is 0. The highest BCUT2D eigenvalue weighted by atomic mass is 32.1. The Bertz CT molecular complexity index is 430. The quantitative estimate of drug-likeness (QED) is 0.744. The molecule has 1 aliphatic heterocycles. The van der Waals surface area contributed by atoms with E-state index in [4.69, 9.17) is 18.0 Å². The first-order chi connectivity index (χ1) is 8.66. The standard InChI is InChI=1S/C11H15N5OS/c12-10(18)7-15-1-3-16(4-2-15)11(17)9-5-13-8-14-6-9/h5-6,8H,1-4,7H2,(H2,12,18). The molecular weight excluding hydrogens is 250 g/mol. The number of amides is 1. The average molecular weight is 265 g/mol. The maximum Gasteiger partial charge on any atom is 0.257 e. The summed E-state index contributed by atoms with van der Waals surface area (Å²) in [5, 5.41) is 0. The van der Waals surface area contributed by atoms with Crippen LogP contribution in [0.1, 0.15) is 10.4 Å². The van der Waals surface area contributed by atoms with Crippen LogP contribution in [-0.4, -0.2) is 63.4 Å². The van der Waals surface area contributed by atoms with Crippen molar-refractivity contribution in [2.45, 2.75) is 0 Å². The third-order valence-electron chi connectivity index (χ3n) is 2.85. The van der Waals surface area contributed by atoms with E-state index < -0.39 is 0 Å². The van der Waals surface area contributed by atoms with Crippen LogP contribution in [0.3, 0.4) is 0 Å². The molecule has 0 atom stereocenters. The van der Waals surface area contributed by atoms with Crippen LogP contribution in [0.4, 0.5) is 0 Å². The molecule has 18 heavy (non-hydrogen) atoms. The van der Waals surface area contributed by atoms with Gasteiger partial charge in [-0.2, -0.15) is 0 Å². The molecule has 2 rings (SSSR count). The third kappa shape index (κ3) is 3.21. The zero-order valence-electron chi connectivity index (χ0n) is 9.95. The van der Waals surface area contributed by atoms with Gasteiger partial charge in [0.05, 0.1) is 10.6 Å². The molecule has 0 aromatic carbocycles. The summed E-state index contributed by atoms with van der Waals surface area (Å²) in [7, 11) is 0. The third-order valence-corrected chi connectivity index (χ3v) is 2.98. The van der Waals surface area contributed by atoms with Crippen LogP contribution in [0.5, 0.6) is 0 Å². The molecule has 0 unspecified atom stereocenters. The number of nitrogens with zero attached hydrogens (tertiary/aromatic N) is 4. The zero-order valence-corrected chi connectivity index (χ0v) is 10.8. The van der Waals surface area contributed by atoms with Crippen molar-refractivity contribution < 1.29 is 4.79 Å². The van der Waals surface area contributed by atoms with Crippen molar-refractivity contribution in [1.82, 2.24) is 19.8 Å². The molecule has 0 radical (unpaired) electrons. The molecule has 1 saturated heterocycles. The molecule has 96 valence electrons. The lowest BCUT2D eigenvalue weighted by Crippen LogP contribution is -2.50. The number of piperazine rings is 1. The van der Waals surface area contributed by atoms with Crippen LogP contribution >= 0.6 is 12.2 Å². The summed E-state index contributed by atoms with van der Waals surface area (Å²) >= 11 is 4.87. The summed E-state index contributed by atoms with van der Waals surface area (Å²) in [4.78, 5) is 24.2. The predicted octanol–water partition coefficient (Wildman–Crippen LogP) is -0.480. The highest BCUT2D eigenvalue weighted by molar-refractivity contribution is 7.80. The Morgan fingerprint density at radius 1 is 1.28 bits per heavy atom. The van der Waals surface area contributed by atoms with Gasteiger partial charge >= 0.3 is 0 Å². The van der Waals surface area contributed by atoms with Gasteiger partial charge in [0.25, 0.3) is 5.91 Å². The van der Waals surface area contributed by atoms with Crippen molar-refractivity contribution in [2.75, 3.05) is 32.7 Å². The maximum absolute atomic E-state index is 12.1. The Hall–Kier alpha value is -1.60. The van der Waals surface area contributed by atoms with Crippen LogP contribution in [-0.2, 0) is 0 Å². The van der Waals surface area contributed by atoms with Crippen LogP contribution in [0.25, 0.3) is 0 Å². The molecule has 1 amide bonds. The molecule has 6 nitrogen and oxygen atoms in total. The van der Waals surface area contributed by atoms with Crippen molar-refractivity contribution in [1.29, 1.82) is 0 Å². The highest BCUT2D eigenvalue weighted by Crippen LogP contribution is 2.06. The fraction of sp³-hybridized carbons (Fsp3) is 0.455. The minimum absolute atomic E-state index is 0.0226. The summed E-state index contributed by atoms with van der Waals surface area (Å²) in [6.07, 6.45) is 4.49. The molecule has 0 aliphatic carbocycles. The second-order valence-corrected chi connectivity index (χ2v) is 4.69. The largest absolute Gasteiger partial charge is 0.392 e. The van der Waals surface area contributed by atoms with Gasteiger partial charge in [-0.1, -0.05) is 12.2 Å². The van der Waals surface area contributed by atoms with Crippen LogP contribution < -0.4 is 5.73 Å². The van der Waals surface area contributed by atoms with Gasteiger partial charge < -0.3 is 10.6 Å². The molecule has 0 saturated carbocycles. The van der Waals surface area contributed by atoms with E-state index in [-0.39, 0.29) is 5.91 Å². The fourth-order valence-electron chi connectivity index (χ4n) is 1.92. The molecule has 2 N–H and O–H groups in total. The SMILES string of the molecule is NC(=S)CN1CCN(C(=O)c2cncnc2)CC1. The maximum atomic E-state index is 12.1. The molecule has 2 heterocycles. The van der Waals surface area contributed by atoms with Crippen LogP contribution in [0, 0.1) is 0 Å². The van der Waals surface area contributed by atoms with Crippen molar-refractivity contribution in [3.05, 3.63) is 24.3 Å². The second-order valence-electron chi connectivity index (χ2n) is 4.16. The lowest BCUT2D eigenvalue weighted by Gasteiger charge is -2.34. The van der Waals surface area contributed by atoms with Gasteiger partial charge in [-0.3, -0.25) is 9.69 Å². The summed E-state index contributed by atoms with van der Waals surface area (Å²) in [6.45, 7) is 3.55. The van der Waals surface area contributed by atoms with E-state index in [9.17, 15) is 4.79 Å². The van der Waals surface area contributed by atoms with Crippen molar-refractivity contribution in [3.63, 3.8) is 0 Å². The highest BCUT2D eigenvalue weighted by Gasteiger charge is 2.22. The van der Waals surface area contributed by atoms with E-state index >= 15 is 0 Å². The number of hydrogen-bond donors (Lipinski definition) is 1. The normalized spacial score (nSPS) is 16.6. The van der Waals surface area contributed by atoms with Gasteiger partial charge in [0, 0.05) is 45.1 Å². The summed E-state index contributed by atoms with van der Waals surface area (Å²) in [5.74, 6) is -0.0226. The minimum atomic E-state index is -0.0226. The zero-order chi connectivity index (χ0) is 13.0. The number of nitrogens with two attached hydrogens (primary N) is 1.